The first-order valence-corrected chi connectivity index (χ1v) is 11.4. The summed E-state index contributed by atoms with van der Waals surface area (Å²) in [6, 6.07) is 6.00. The zero-order chi connectivity index (χ0) is 22.8. The van der Waals surface area contributed by atoms with Crippen molar-refractivity contribution >= 4 is 41.1 Å². The third-order valence-electron chi connectivity index (χ3n) is 5.18. The topological polar surface area (TPSA) is 77.9 Å². The molecule has 0 saturated carbocycles. The molecule has 0 fully saturated rings. The number of rotatable bonds is 6. The van der Waals surface area contributed by atoms with Gasteiger partial charge in [0, 0.05) is 25.0 Å². The molecule has 0 radical (unpaired) electrons. The van der Waals surface area contributed by atoms with Crippen LogP contribution >= 0.6 is 12.2 Å². The van der Waals surface area contributed by atoms with Crippen molar-refractivity contribution in [2.45, 2.75) is 71.8 Å². The first kappa shape index (κ1) is 24.7. The van der Waals surface area contributed by atoms with Gasteiger partial charge in [-0.15, -0.1) is 0 Å². The van der Waals surface area contributed by atoms with Crippen LogP contribution in [-0.2, 0) is 0 Å². The van der Waals surface area contributed by atoms with Gasteiger partial charge in [-0.3, -0.25) is 10.3 Å². The van der Waals surface area contributed by atoms with Gasteiger partial charge >= 0.3 is 6.03 Å². The molecule has 1 unspecified atom stereocenters. The smallest absolute Gasteiger partial charge is 0.321 e. The summed E-state index contributed by atoms with van der Waals surface area (Å²) >= 11 is 5.36. The van der Waals surface area contributed by atoms with E-state index in [2.05, 4.69) is 64.9 Å². The molecule has 168 valence electrons. The van der Waals surface area contributed by atoms with Crippen LogP contribution < -0.4 is 16.0 Å². The van der Waals surface area contributed by atoms with Crippen LogP contribution in [0.3, 0.4) is 0 Å². The predicted octanol–water partition coefficient (Wildman–Crippen LogP) is 5.49. The standard InChI is InChI=1S/C24H35N5OS/c1-6-7-14-26-22(25-5)18-9-11-19(12-10-18)27-23(30)29-24(31)28-21-15-17(4)8-13-20(21)16(2)3/h8-9,13-16,19H,6-7,10-12H2,1-5H3,(H3,27,28,29,30,31)/b25-22-,26-14-. The van der Waals surface area contributed by atoms with E-state index in [9.17, 15) is 4.79 Å². The Morgan fingerprint density at radius 3 is 2.74 bits per heavy atom. The maximum Gasteiger partial charge on any atom is 0.321 e. The number of benzene rings is 1. The van der Waals surface area contributed by atoms with E-state index in [4.69, 9.17) is 12.2 Å². The summed E-state index contributed by atoms with van der Waals surface area (Å²) in [5.74, 6) is 1.15. The Morgan fingerprint density at radius 1 is 1.35 bits per heavy atom. The van der Waals surface area contributed by atoms with Crippen LogP contribution in [0.25, 0.3) is 0 Å². The van der Waals surface area contributed by atoms with Gasteiger partial charge in [0.2, 0.25) is 0 Å². The average Bonchev–Trinajstić information content (AvgIpc) is 2.71. The summed E-state index contributed by atoms with van der Waals surface area (Å²) in [7, 11) is 1.77. The number of nitrogens with zero attached hydrogens (tertiary/aromatic N) is 2. The molecule has 1 aliphatic carbocycles. The highest BCUT2D eigenvalue weighted by Crippen LogP contribution is 2.25. The number of hydrogen-bond acceptors (Lipinski definition) is 3. The fourth-order valence-electron chi connectivity index (χ4n) is 3.49. The molecule has 7 heteroatoms. The van der Waals surface area contributed by atoms with Crippen molar-refractivity contribution in [3.63, 3.8) is 0 Å². The number of amides is 2. The van der Waals surface area contributed by atoms with Crippen molar-refractivity contribution in [1.29, 1.82) is 0 Å². The van der Waals surface area contributed by atoms with E-state index < -0.39 is 0 Å². The van der Waals surface area contributed by atoms with Crippen molar-refractivity contribution < 1.29 is 4.79 Å². The Balaban J connectivity index is 1.88. The van der Waals surface area contributed by atoms with Crippen LogP contribution in [-0.4, -0.2) is 36.3 Å². The lowest BCUT2D eigenvalue weighted by atomic mass is 9.94. The first-order valence-electron chi connectivity index (χ1n) is 11.0. The summed E-state index contributed by atoms with van der Waals surface area (Å²) in [5.41, 5.74) is 4.37. The molecule has 0 aliphatic heterocycles. The number of amidine groups is 1. The lowest BCUT2D eigenvalue weighted by molar-refractivity contribution is 0.240. The van der Waals surface area contributed by atoms with Gasteiger partial charge in [-0.25, -0.2) is 9.79 Å². The monoisotopic (exact) mass is 441 g/mol. The first-order chi connectivity index (χ1) is 14.8. The Kier molecular flexibility index (Phi) is 9.85. The van der Waals surface area contributed by atoms with Gasteiger partial charge in [0.15, 0.2) is 5.11 Å². The van der Waals surface area contributed by atoms with Crippen LogP contribution in [0, 0.1) is 6.92 Å². The molecule has 6 nitrogen and oxygen atoms in total. The molecule has 0 aromatic heterocycles. The average molecular weight is 442 g/mol. The van der Waals surface area contributed by atoms with E-state index in [1.54, 1.807) is 7.05 Å². The van der Waals surface area contributed by atoms with Crippen molar-refractivity contribution in [1.82, 2.24) is 10.6 Å². The Labute approximate surface area is 191 Å². The van der Waals surface area contributed by atoms with Gasteiger partial charge in [-0.1, -0.05) is 45.4 Å². The highest BCUT2D eigenvalue weighted by atomic mass is 32.1. The van der Waals surface area contributed by atoms with E-state index >= 15 is 0 Å². The number of aliphatic imine (C=N–C) groups is 2. The van der Waals surface area contributed by atoms with E-state index in [0.717, 1.165) is 60.3 Å². The van der Waals surface area contributed by atoms with Crippen LogP contribution in [0.5, 0.6) is 0 Å². The molecule has 3 N–H and O–H groups in total. The van der Waals surface area contributed by atoms with Crippen molar-refractivity contribution in [3.8, 4) is 0 Å². The second-order valence-corrected chi connectivity index (χ2v) is 8.55. The number of nitrogens with one attached hydrogen (secondary N) is 3. The second-order valence-electron chi connectivity index (χ2n) is 8.15. The molecule has 1 aromatic carbocycles. The molecule has 1 atom stereocenters. The largest absolute Gasteiger partial charge is 0.335 e. The Morgan fingerprint density at radius 2 is 2.13 bits per heavy atom. The van der Waals surface area contributed by atoms with Crippen LogP contribution in [0.1, 0.15) is 69.9 Å². The molecule has 0 heterocycles. The van der Waals surface area contributed by atoms with Gasteiger partial charge < -0.3 is 10.6 Å². The molecular formula is C24H35N5OS. The summed E-state index contributed by atoms with van der Waals surface area (Å²) in [6.45, 7) is 8.43. The fourth-order valence-corrected chi connectivity index (χ4v) is 3.70. The number of unbranched alkanes of at least 4 members (excludes halogenated alkanes) is 1. The molecule has 0 bridgehead atoms. The lowest BCUT2D eigenvalue weighted by Gasteiger charge is -2.23. The van der Waals surface area contributed by atoms with Gasteiger partial charge in [0.25, 0.3) is 0 Å². The van der Waals surface area contributed by atoms with E-state index in [1.165, 1.54) is 0 Å². The summed E-state index contributed by atoms with van der Waals surface area (Å²) in [5, 5.41) is 9.22. The molecule has 2 amide bonds. The quantitative estimate of drug-likeness (QED) is 0.310. The molecule has 1 aromatic rings. The van der Waals surface area contributed by atoms with Crippen LogP contribution in [0.4, 0.5) is 10.5 Å². The highest BCUT2D eigenvalue weighted by Gasteiger charge is 2.19. The van der Waals surface area contributed by atoms with Crippen molar-refractivity contribution in [3.05, 3.63) is 41.0 Å². The minimum Gasteiger partial charge on any atom is -0.335 e. The Hall–Kier alpha value is -2.54. The molecule has 0 saturated heterocycles. The number of carbonyl (C=O) groups is 1. The zero-order valence-corrected chi connectivity index (χ0v) is 20.1. The minimum absolute atomic E-state index is 0.0643. The van der Waals surface area contributed by atoms with E-state index in [-0.39, 0.29) is 12.1 Å². The van der Waals surface area contributed by atoms with Gasteiger partial charge in [0.05, 0.1) is 0 Å². The van der Waals surface area contributed by atoms with Gasteiger partial charge in [-0.05, 0) is 73.5 Å². The third kappa shape index (κ3) is 7.90. The second kappa shape index (κ2) is 12.3. The molecule has 0 spiro atoms. The molecule has 31 heavy (non-hydrogen) atoms. The minimum atomic E-state index is -0.288. The van der Waals surface area contributed by atoms with Gasteiger partial charge in [0.1, 0.15) is 5.84 Å². The molecule has 1 aliphatic rings. The van der Waals surface area contributed by atoms with Crippen molar-refractivity contribution in [2.75, 3.05) is 12.4 Å². The normalized spacial score (nSPS) is 16.9. The van der Waals surface area contributed by atoms with Gasteiger partial charge in [-0.2, -0.15) is 0 Å². The highest BCUT2D eigenvalue weighted by molar-refractivity contribution is 7.80. The fraction of sp³-hybridized carbons (Fsp3) is 0.500. The summed E-state index contributed by atoms with van der Waals surface area (Å²) < 4.78 is 0. The van der Waals surface area contributed by atoms with Crippen molar-refractivity contribution in [2.24, 2.45) is 9.98 Å². The van der Waals surface area contributed by atoms with E-state index in [0.29, 0.717) is 11.0 Å². The third-order valence-corrected chi connectivity index (χ3v) is 5.39. The van der Waals surface area contributed by atoms with E-state index in [1.807, 2.05) is 19.2 Å². The number of aryl methyl sites for hydroxylation is 1. The number of urea groups is 1. The molecular weight excluding hydrogens is 406 g/mol. The van der Waals surface area contributed by atoms with Crippen LogP contribution in [0.2, 0.25) is 0 Å². The summed E-state index contributed by atoms with van der Waals surface area (Å²) in [6.07, 6.45) is 8.50. The SMILES string of the molecule is CCC/C=N\C(=N/C)C1=CCC(NC(=O)NC(=S)Nc2cc(C)ccc2C(C)C)CC1. The Bertz CT molecular complexity index is 873. The maximum atomic E-state index is 12.4. The maximum absolute atomic E-state index is 12.4. The summed E-state index contributed by atoms with van der Waals surface area (Å²) in [4.78, 5) is 21.2. The predicted molar refractivity (Wildman–Crippen MR) is 136 cm³/mol. The number of thiocarbonyl (C=S) groups is 1. The number of carbonyl (C=O) groups excluding carboxylic acids is 1. The van der Waals surface area contributed by atoms with Crippen LogP contribution in [0.15, 0.2) is 39.8 Å². The number of hydrogen-bond donors (Lipinski definition) is 3. The molecule has 2 rings (SSSR count). The number of anilines is 1. The lowest BCUT2D eigenvalue weighted by Crippen LogP contribution is -2.46. The zero-order valence-electron chi connectivity index (χ0n) is 19.3.